The molecule has 0 aliphatic rings. The second-order valence-corrected chi connectivity index (χ2v) is 6.05. The van der Waals surface area contributed by atoms with Crippen LogP contribution in [-0.4, -0.2) is 29.5 Å². The van der Waals surface area contributed by atoms with Crippen LogP contribution in [0.15, 0.2) is 36.4 Å². The lowest BCUT2D eigenvalue weighted by atomic mass is 10.1. The Morgan fingerprint density at radius 3 is 2.46 bits per heavy atom. The third kappa shape index (κ3) is 5.26. The normalized spacial score (nSPS) is 11.4. The fourth-order valence-corrected chi connectivity index (χ4v) is 2.42. The Balaban J connectivity index is 1.92. The molecular formula is C19H19FN2O6. The number of anilines is 1. The van der Waals surface area contributed by atoms with Gasteiger partial charge in [0, 0.05) is 11.8 Å². The minimum Gasteiger partial charge on any atom is -0.481 e. The Hall–Kier alpha value is -3.49. The Morgan fingerprint density at radius 1 is 1.21 bits per heavy atom. The number of nitro benzene ring substituents is 1. The van der Waals surface area contributed by atoms with Crippen LogP contribution >= 0.6 is 0 Å². The number of halogens is 1. The predicted molar refractivity (Wildman–Crippen MR) is 98.6 cm³/mol. The van der Waals surface area contributed by atoms with E-state index >= 15 is 0 Å². The van der Waals surface area contributed by atoms with E-state index in [1.807, 2.05) is 32.0 Å². The van der Waals surface area contributed by atoms with Gasteiger partial charge in [-0.3, -0.25) is 14.9 Å². The largest absolute Gasteiger partial charge is 0.481 e. The number of para-hydroxylation sites is 1. The molecule has 0 heterocycles. The van der Waals surface area contributed by atoms with Crippen molar-refractivity contribution in [2.24, 2.45) is 0 Å². The van der Waals surface area contributed by atoms with Gasteiger partial charge in [-0.2, -0.15) is 4.39 Å². The summed E-state index contributed by atoms with van der Waals surface area (Å²) in [7, 11) is 0. The number of rotatable bonds is 7. The summed E-state index contributed by atoms with van der Waals surface area (Å²) < 4.78 is 23.8. The zero-order valence-corrected chi connectivity index (χ0v) is 15.5. The first-order valence-corrected chi connectivity index (χ1v) is 8.32. The molecule has 2 aromatic rings. The Kier molecular flexibility index (Phi) is 6.64. The van der Waals surface area contributed by atoms with Crippen molar-refractivity contribution in [1.29, 1.82) is 0 Å². The molecule has 1 unspecified atom stereocenters. The summed E-state index contributed by atoms with van der Waals surface area (Å²) in [5.41, 5.74) is 0.949. The number of nitrogens with one attached hydrogen (secondary N) is 1. The maximum Gasteiger partial charge on any atom is 0.344 e. The zero-order valence-electron chi connectivity index (χ0n) is 15.5. The number of amides is 1. The van der Waals surface area contributed by atoms with E-state index in [9.17, 15) is 24.1 Å². The minimum absolute atomic E-state index is 0.00721. The second-order valence-electron chi connectivity index (χ2n) is 6.05. The number of hydrogen-bond acceptors (Lipinski definition) is 6. The maximum absolute atomic E-state index is 13.3. The summed E-state index contributed by atoms with van der Waals surface area (Å²) in [5, 5.41) is 13.1. The zero-order chi connectivity index (χ0) is 20.8. The number of esters is 1. The summed E-state index contributed by atoms with van der Waals surface area (Å²) in [6.07, 6.45) is -1.18. The molecule has 0 radical (unpaired) electrons. The number of nitro groups is 1. The molecule has 2 aromatic carbocycles. The van der Waals surface area contributed by atoms with E-state index in [-0.39, 0.29) is 12.3 Å². The first-order valence-electron chi connectivity index (χ1n) is 8.32. The predicted octanol–water partition coefficient (Wildman–Crippen LogP) is 3.30. The molecule has 148 valence electrons. The van der Waals surface area contributed by atoms with Gasteiger partial charge in [-0.25, -0.2) is 4.79 Å². The number of aryl methyl sites for hydroxylation is 2. The van der Waals surface area contributed by atoms with Gasteiger partial charge in [-0.1, -0.05) is 18.2 Å². The molecule has 0 aromatic heterocycles. The van der Waals surface area contributed by atoms with Gasteiger partial charge in [0.05, 0.1) is 4.92 Å². The van der Waals surface area contributed by atoms with Crippen LogP contribution in [0.2, 0.25) is 0 Å². The monoisotopic (exact) mass is 390 g/mol. The first-order chi connectivity index (χ1) is 13.2. The van der Waals surface area contributed by atoms with Crippen LogP contribution in [0.25, 0.3) is 0 Å². The van der Waals surface area contributed by atoms with E-state index in [4.69, 9.17) is 9.47 Å². The smallest absolute Gasteiger partial charge is 0.344 e. The highest BCUT2D eigenvalue weighted by atomic mass is 19.1. The molecule has 8 nitrogen and oxygen atoms in total. The fourth-order valence-electron chi connectivity index (χ4n) is 2.42. The van der Waals surface area contributed by atoms with Crippen LogP contribution < -0.4 is 10.1 Å². The van der Waals surface area contributed by atoms with Crippen LogP contribution in [-0.2, 0) is 14.3 Å². The Bertz CT molecular complexity index is 895. The van der Waals surface area contributed by atoms with E-state index in [0.29, 0.717) is 5.75 Å². The topological polar surface area (TPSA) is 108 Å². The van der Waals surface area contributed by atoms with Gasteiger partial charge in [0.2, 0.25) is 5.82 Å². The van der Waals surface area contributed by atoms with Crippen molar-refractivity contribution in [3.8, 4) is 5.75 Å². The third-order valence-electron chi connectivity index (χ3n) is 3.83. The van der Waals surface area contributed by atoms with Crippen molar-refractivity contribution in [3.63, 3.8) is 0 Å². The molecule has 1 atom stereocenters. The summed E-state index contributed by atoms with van der Waals surface area (Å²) in [6.45, 7) is 4.63. The number of nitrogens with zero attached hydrogens (tertiary/aromatic N) is 1. The van der Waals surface area contributed by atoms with Crippen LogP contribution in [0.4, 0.5) is 15.8 Å². The number of carbonyl (C=O) groups excluding carboxylic acids is 2. The second kappa shape index (κ2) is 8.94. The fraction of sp³-hybridized carbons (Fsp3) is 0.263. The lowest BCUT2D eigenvalue weighted by Crippen LogP contribution is -2.31. The van der Waals surface area contributed by atoms with Gasteiger partial charge >= 0.3 is 11.7 Å². The number of carbonyl (C=O) groups is 2. The SMILES string of the molecule is Cc1cccc(C)c1OCC(=O)OC(C)C(=O)Nc1ccc(F)c([N+](=O)[O-])c1. The summed E-state index contributed by atoms with van der Waals surface area (Å²) in [6, 6.07) is 8.45. The van der Waals surface area contributed by atoms with E-state index in [1.165, 1.54) is 13.0 Å². The number of hydrogen-bond donors (Lipinski definition) is 1. The molecule has 2 rings (SSSR count). The quantitative estimate of drug-likeness (QED) is 0.441. The average molecular weight is 390 g/mol. The number of benzene rings is 2. The van der Waals surface area contributed by atoms with Crippen LogP contribution in [0, 0.1) is 29.8 Å². The molecule has 0 aliphatic heterocycles. The molecule has 0 spiro atoms. The standard InChI is InChI=1S/C19H19FN2O6/c1-11-5-4-6-12(2)18(11)27-10-17(23)28-13(3)19(24)21-14-7-8-15(20)16(9-14)22(25)26/h4-9,13H,10H2,1-3H3,(H,21,24). The molecule has 0 fully saturated rings. The van der Waals surface area contributed by atoms with Gasteiger partial charge in [-0.05, 0) is 44.0 Å². The van der Waals surface area contributed by atoms with Gasteiger partial charge in [0.15, 0.2) is 12.7 Å². The Labute approximate surface area is 160 Å². The van der Waals surface area contributed by atoms with Crippen molar-refractivity contribution < 1.29 is 28.4 Å². The van der Waals surface area contributed by atoms with Gasteiger partial charge in [0.1, 0.15) is 5.75 Å². The molecule has 0 saturated heterocycles. The number of ether oxygens (including phenoxy) is 2. The molecule has 28 heavy (non-hydrogen) atoms. The van der Waals surface area contributed by atoms with E-state index < -0.39 is 34.4 Å². The molecular weight excluding hydrogens is 371 g/mol. The van der Waals surface area contributed by atoms with E-state index in [0.717, 1.165) is 23.3 Å². The maximum atomic E-state index is 13.3. The van der Waals surface area contributed by atoms with Gasteiger partial charge in [0.25, 0.3) is 5.91 Å². The molecule has 0 saturated carbocycles. The highest BCUT2D eigenvalue weighted by Gasteiger charge is 2.21. The van der Waals surface area contributed by atoms with Crippen molar-refractivity contribution in [3.05, 3.63) is 63.5 Å². The van der Waals surface area contributed by atoms with Gasteiger partial charge < -0.3 is 14.8 Å². The third-order valence-corrected chi connectivity index (χ3v) is 3.83. The van der Waals surface area contributed by atoms with Crippen LogP contribution in [0.3, 0.4) is 0 Å². The summed E-state index contributed by atoms with van der Waals surface area (Å²) in [4.78, 5) is 33.9. The lowest BCUT2D eigenvalue weighted by molar-refractivity contribution is -0.387. The van der Waals surface area contributed by atoms with Crippen LogP contribution in [0.1, 0.15) is 18.1 Å². The molecule has 9 heteroatoms. The molecule has 1 N–H and O–H groups in total. The van der Waals surface area contributed by atoms with Crippen molar-refractivity contribution in [2.45, 2.75) is 26.9 Å². The van der Waals surface area contributed by atoms with Crippen molar-refractivity contribution in [2.75, 3.05) is 11.9 Å². The minimum atomic E-state index is -1.18. The average Bonchev–Trinajstić information content (AvgIpc) is 2.62. The summed E-state index contributed by atoms with van der Waals surface area (Å²) in [5.74, 6) is -1.93. The summed E-state index contributed by atoms with van der Waals surface area (Å²) >= 11 is 0. The molecule has 1 amide bonds. The highest BCUT2D eigenvalue weighted by molar-refractivity contribution is 5.95. The van der Waals surface area contributed by atoms with Crippen molar-refractivity contribution >= 4 is 23.3 Å². The van der Waals surface area contributed by atoms with E-state index in [1.54, 1.807) is 0 Å². The van der Waals surface area contributed by atoms with E-state index in [2.05, 4.69) is 5.32 Å². The highest BCUT2D eigenvalue weighted by Crippen LogP contribution is 2.23. The lowest BCUT2D eigenvalue weighted by Gasteiger charge is -2.15. The van der Waals surface area contributed by atoms with Crippen molar-refractivity contribution in [1.82, 2.24) is 0 Å². The first kappa shape index (κ1) is 20.8. The molecule has 0 bridgehead atoms. The van der Waals surface area contributed by atoms with Crippen LogP contribution in [0.5, 0.6) is 5.75 Å². The van der Waals surface area contributed by atoms with Gasteiger partial charge in [-0.15, -0.1) is 0 Å². The molecule has 0 aliphatic carbocycles. The Morgan fingerprint density at radius 2 is 1.86 bits per heavy atom.